The summed E-state index contributed by atoms with van der Waals surface area (Å²) in [4.78, 5) is 25.9. The third kappa shape index (κ3) is 3.30. The first-order valence-corrected chi connectivity index (χ1v) is 11.7. The zero-order valence-corrected chi connectivity index (χ0v) is 19.8. The second-order valence-electron chi connectivity index (χ2n) is 10.1. The van der Waals surface area contributed by atoms with E-state index in [1.165, 1.54) is 31.4 Å². The maximum atomic E-state index is 13.1. The van der Waals surface area contributed by atoms with Crippen LogP contribution in [0.1, 0.15) is 30.1 Å². The fraction of sp³-hybridized carbons (Fsp3) is 0.667. The minimum absolute atomic E-state index is 0.0180. The molecule has 5 aliphatic rings. The van der Waals surface area contributed by atoms with Gasteiger partial charge in [0.25, 0.3) is 0 Å². The Hall–Kier alpha value is -2.16. The Morgan fingerprint density at radius 1 is 1.14 bits per heavy atom. The number of carbonyl (C=O) groups is 2. The van der Waals surface area contributed by atoms with Gasteiger partial charge in [0.15, 0.2) is 12.6 Å². The molecule has 0 radical (unpaired) electrons. The first-order valence-electron chi connectivity index (χ1n) is 11.7. The number of hydrogen-bond donors (Lipinski definition) is 5. The van der Waals surface area contributed by atoms with Crippen LogP contribution in [0.3, 0.4) is 0 Å². The van der Waals surface area contributed by atoms with Gasteiger partial charge in [-0.3, -0.25) is 4.79 Å². The summed E-state index contributed by atoms with van der Waals surface area (Å²) < 4.78 is 29.4. The smallest absolute Gasteiger partial charge is 0.338 e. The van der Waals surface area contributed by atoms with Gasteiger partial charge in [-0.05, 0) is 37.6 Å². The van der Waals surface area contributed by atoms with Gasteiger partial charge in [-0.1, -0.05) is 0 Å². The molecule has 198 valence electrons. The van der Waals surface area contributed by atoms with Gasteiger partial charge in [0.2, 0.25) is 0 Å². The van der Waals surface area contributed by atoms with E-state index in [1.54, 1.807) is 6.92 Å². The van der Waals surface area contributed by atoms with Gasteiger partial charge >= 0.3 is 5.97 Å². The van der Waals surface area contributed by atoms with Crippen LogP contribution in [0.4, 0.5) is 0 Å². The zero-order valence-electron chi connectivity index (χ0n) is 19.8. The molecule has 0 amide bonds. The summed E-state index contributed by atoms with van der Waals surface area (Å²) in [6.07, 6.45) is -8.46. The number of ether oxygens (including phenoxy) is 5. The summed E-state index contributed by atoms with van der Waals surface area (Å²) in [7, 11) is 1.39. The SMILES string of the molecule is CO[C@@H]1O[C@@]2(C)CC(=O)[C@@H]3C[C@@]2(O[C@@H]2O[C@H](CO)[C@@H](O)[C@H](O)[C@H]2O)[C@]13COC(=O)c1ccc(O)cc1. The molecule has 1 aromatic carbocycles. The lowest BCUT2D eigenvalue weighted by Gasteiger charge is -2.66. The van der Waals surface area contributed by atoms with E-state index in [9.17, 15) is 35.1 Å². The molecule has 12 heteroatoms. The fourth-order valence-electron chi connectivity index (χ4n) is 6.41. The lowest BCUT2D eigenvalue weighted by molar-refractivity contribution is -0.381. The lowest BCUT2D eigenvalue weighted by Crippen LogP contribution is -2.80. The molecule has 1 aromatic rings. The molecule has 2 aliphatic heterocycles. The number of phenols is 1. The van der Waals surface area contributed by atoms with E-state index in [2.05, 4.69) is 0 Å². The van der Waals surface area contributed by atoms with E-state index in [0.717, 1.165) is 0 Å². The summed E-state index contributed by atoms with van der Waals surface area (Å²) in [5.41, 5.74) is -3.69. The van der Waals surface area contributed by atoms with E-state index >= 15 is 0 Å². The highest BCUT2D eigenvalue weighted by Crippen LogP contribution is 2.74. The highest BCUT2D eigenvalue weighted by atomic mass is 16.8. The number of fused-ring (bicyclic) bond motifs is 1. The summed E-state index contributed by atoms with van der Waals surface area (Å²) in [5.74, 6) is -1.48. The van der Waals surface area contributed by atoms with Crippen molar-refractivity contribution in [3.63, 3.8) is 0 Å². The van der Waals surface area contributed by atoms with Crippen LogP contribution in [0.15, 0.2) is 24.3 Å². The largest absolute Gasteiger partial charge is 0.508 e. The average Bonchev–Trinajstić information content (AvgIpc) is 2.93. The third-order valence-corrected chi connectivity index (χ3v) is 8.33. The van der Waals surface area contributed by atoms with Crippen LogP contribution in [-0.4, -0.2) is 106 Å². The third-order valence-electron chi connectivity index (χ3n) is 8.33. The monoisotopic (exact) mass is 510 g/mol. The molecule has 12 nitrogen and oxygen atoms in total. The molecule has 10 atom stereocenters. The van der Waals surface area contributed by atoms with Gasteiger partial charge in [-0.2, -0.15) is 0 Å². The van der Waals surface area contributed by atoms with Crippen molar-refractivity contribution in [1.82, 2.24) is 0 Å². The van der Waals surface area contributed by atoms with Crippen molar-refractivity contribution in [1.29, 1.82) is 0 Å². The number of aromatic hydroxyl groups is 1. The number of esters is 1. The van der Waals surface area contributed by atoms with Gasteiger partial charge < -0.3 is 49.2 Å². The van der Waals surface area contributed by atoms with Gasteiger partial charge in [0.05, 0.1) is 17.6 Å². The summed E-state index contributed by atoms with van der Waals surface area (Å²) in [6, 6.07) is 5.47. The number of phenolic OH excluding ortho intramolecular Hbond substituents is 1. The number of aliphatic hydroxyl groups excluding tert-OH is 4. The Bertz CT molecular complexity index is 1030. The first-order chi connectivity index (χ1) is 17.0. The first kappa shape index (κ1) is 25.5. The Kier molecular flexibility index (Phi) is 6.16. The maximum absolute atomic E-state index is 13.1. The standard InChI is InChI=1S/C24H30O12/c1-22-8-14(27)13-7-24(22,35-20-18(30)17(29)16(28)15(9-25)34-20)23(13,21(32-2)36-22)10-33-19(31)11-3-5-12(26)6-4-11/h3-6,13,15-18,20-21,25-26,28-30H,7-10H2,1-2H3/t13-,15+,16+,17-,18+,20-,21+,22-,23-,24-/m0/s1. The number of rotatable bonds is 7. The minimum Gasteiger partial charge on any atom is -0.508 e. The van der Waals surface area contributed by atoms with Crippen LogP contribution in [0.2, 0.25) is 0 Å². The van der Waals surface area contributed by atoms with Crippen LogP contribution in [0.5, 0.6) is 5.75 Å². The Balaban J connectivity index is 1.48. The highest BCUT2D eigenvalue weighted by molar-refractivity contribution is 5.90. The van der Waals surface area contributed by atoms with Crippen molar-refractivity contribution >= 4 is 11.8 Å². The molecule has 0 aromatic heterocycles. The summed E-state index contributed by atoms with van der Waals surface area (Å²) in [5, 5.41) is 50.1. The van der Waals surface area contributed by atoms with Crippen molar-refractivity contribution in [3.05, 3.63) is 29.8 Å². The molecule has 36 heavy (non-hydrogen) atoms. The van der Waals surface area contributed by atoms with Crippen LogP contribution in [0.25, 0.3) is 0 Å². The number of aliphatic hydroxyl groups is 4. The highest BCUT2D eigenvalue weighted by Gasteiger charge is 2.87. The minimum atomic E-state index is -1.67. The quantitative estimate of drug-likeness (QED) is 0.278. The molecule has 3 aliphatic carbocycles. The average molecular weight is 510 g/mol. The van der Waals surface area contributed by atoms with Crippen LogP contribution >= 0.6 is 0 Å². The van der Waals surface area contributed by atoms with Gasteiger partial charge in [-0.25, -0.2) is 4.79 Å². The van der Waals surface area contributed by atoms with Crippen molar-refractivity contribution in [2.45, 2.75) is 68.0 Å². The Morgan fingerprint density at radius 3 is 2.47 bits per heavy atom. The predicted octanol–water partition coefficient (Wildman–Crippen LogP) is -1.16. The molecule has 5 N–H and O–H groups in total. The molecular weight excluding hydrogens is 480 g/mol. The molecule has 0 unspecified atom stereocenters. The predicted molar refractivity (Wildman–Crippen MR) is 116 cm³/mol. The molecule has 5 fully saturated rings. The van der Waals surface area contributed by atoms with Crippen molar-refractivity contribution in [2.75, 3.05) is 20.3 Å². The van der Waals surface area contributed by atoms with Crippen molar-refractivity contribution < 1.29 is 58.8 Å². The number of carbonyl (C=O) groups excluding carboxylic acids is 2. The molecular formula is C24H30O12. The molecule has 2 heterocycles. The summed E-state index contributed by atoms with van der Waals surface area (Å²) in [6.45, 7) is 0.706. The maximum Gasteiger partial charge on any atom is 0.338 e. The van der Waals surface area contributed by atoms with Gasteiger partial charge in [0, 0.05) is 19.4 Å². The van der Waals surface area contributed by atoms with Gasteiger partial charge in [0.1, 0.15) is 53.8 Å². The zero-order chi connectivity index (χ0) is 26.0. The molecule has 6 rings (SSSR count). The number of hydrogen-bond acceptors (Lipinski definition) is 12. The topological polar surface area (TPSA) is 181 Å². The van der Waals surface area contributed by atoms with E-state index < -0.39 is 72.1 Å². The number of ketones is 1. The number of Topliss-reactive ketones (excluding diaryl/α,β-unsaturated/α-hetero) is 1. The molecule has 3 saturated carbocycles. The van der Waals surface area contributed by atoms with Gasteiger partial charge in [-0.15, -0.1) is 0 Å². The van der Waals surface area contributed by atoms with E-state index in [-0.39, 0.29) is 36.5 Å². The number of methoxy groups -OCH3 is 1. The lowest BCUT2D eigenvalue weighted by atomic mass is 9.41. The Labute approximate surface area is 206 Å². The second kappa shape index (κ2) is 8.71. The Morgan fingerprint density at radius 2 is 1.83 bits per heavy atom. The van der Waals surface area contributed by atoms with E-state index in [4.69, 9.17) is 23.7 Å². The van der Waals surface area contributed by atoms with E-state index in [1.807, 2.05) is 0 Å². The van der Waals surface area contributed by atoms with Crippen molar-refractivity contribution in [3.8, 4) is 5.75 Å². The summed E-state index contributed by atoms with van der Waals surface area (Å²) >= 11 is 0. The number of benzene rings is 1. The molecule has 2 saturated heterocycles. The van der Waals surface area contributed by atoms with Crippen molar-refractivity contribution in [2.24, 2.45) is 11.3 Å². The molecule has 4 bridgehead atoms. The van der Waals surface area contributed by atoms with Crippen LogP contribution in [-0.2, 0) is 28.5 Å². The van der Waals surface area contributed by atoms with E-state index in [0.29, 0.717) is 0 Å². The van der Waals surface area contributed by atoms with Crippen LogP contribution < -0.4 is 0 Å². The fourth-order valence-corrected chi connectivity index (χ4v) is 6.41. The normalized spacial score (nSPS) is 45.3. The second-order valence-corrected chi connectivity index (χ2v) is 10.1. The molecule has 0 spiro atoms. The van der Waals surface area contributed by atoms with Crippen LogP contribution in [0, 0.1) is 11.3 Å².